The zero-order valence-electron chi connectivity index (χ0n) is 14.8. The highest BCUT2D eigenvalue weighted by molar-refractivity contribution is 5.94. The summed E-state index contributed by atoms with van der Waals surface area (Å²) in [6.07, 6.45) is 0.843. The molecule has 1 unspecified atom stereocenters. The lowest BCUT2D eigenvalue weighted by Crippen LogP contribution is -2.39. The van der Waals surface area contributed by atoms with Gasteiger partial charge in [0.1, 0.15) is 6.10 Å². The second-order valence-corrected chi connectivity index (χ2v) is 5.64. The minimum absolute atomic E-state index is 0.164. The van der Waals surface area contributed by atoms with Gasteiger partial charge in [-0.2, -0.15) is 0 Å². The first-order valence-electron chi connectivity index (χ1n) is 8.12. The third-order valence-electron chi connectivity index (χ3n) is 3.62. The van der Waals surface area contributed by atoms with E-state index < -0.39 is 6.03 Å². The van der Waals surface area contributed by atoms with Crippen LogP contribution in [-0.4, -0.2) is 37.5 Å². The fourth-order valence-corrected chi connectivity index (χ4v) is 2.31. The molecule has 8 nitrogen and oxygen atoms in total. The van der Waals surface area contributed by atoms with E-state index in [2.05, 4.69) is 16.0 Å². The van der Waals surface area contributed by atoms with Crippen LogP contribution in [0.1, 0.15) is 38.4 Å². The molecule has 0 fully saturated rings. The van der Waals surface area contributed by atoms with Crippen molar-refractivity contribution in [2.45, 2.75) is 38.8 Å². The van der Waals surface area contributed by atoms with E-state index in [0.717, 1.165) is 5.56 Å². The quantitative estimate of drug-likeness (QED) is 0.395. The van der Waals surface area contributed by atoms with Crippen LogP contribution < -0.4 is 21.7 Å². The molecule has 1 aromatic rings. The number of benzene rings is 1. The molecule has 0 aromatic heterocycles. The number of nitrogens with one attached hydrogen (secondary N) is 3. The lowest BCUT2D eigenvalue weighted by molar-refractivity contribution is -0.145. The number of urea groups is 1. The molecule has 8 heteroatoms. The number of rotatable bonds is 9. The van der Waals surface area contributed by atoms with Gasteiger partial charge in [-0.3, -0.25) is 9.59 Å². The highest BCUT2D eigenvalue weighted by atomic mass is 16.5. The average Bonchev–Trinajstić information content (AvgIpc) is 2.54. The van der Waals surface area contributed by atoms with E-state index in [1.165, 1.54) is 6.92 Å². The van der Waals surface area contributed by atoms with Crippen LogP contribution in [0.25, 0.3) is 0 Å². The second-order valence-electron chi connectivity index (χ2n) is 5.64. The Hall–Kier alpha value is -2.61. The molecule has 0 saturated heterocycles. The number of likely N-dealkylation sites (N-methyl/N-ethyl adjacent to an activating group) is 1. The van der Waals surface area contributed by atoms with Crippen molar-refractivity contribution in [1.29, 1.82) is 0 Å². The Morgan fingerprint density at radius 1 is 1.20 bits per heavy atom. The molecular weight excluding hydrogens is 324 g/mol. The molecule has 0 radical (unpaired) electrons. The number of carbonyl (C=O) groups is 3. The van der Waals surface area contributed by atoms with E-state index in [4.69, 9.17) is 10.5 Å². The summed E-state index contributed by atoms with van der Waals surface area (Å²) in [6, 6.07) is 6.16. The maximum absolute atomic E-state index is 12.3. The standard InChI is InChI=1S/C17H26N4O4/c1-11(25-12(2)22)13-6-8-14(9-7-13)21-16(23)15(19-3)5-4-10-20-17(18)24/h6-9,11,15,19H,4-5,10H2,1-3H3,(H,21,23)(H3,18,20,24)/t11?,15-/m0/s1. The van der Waals surface area contributed by atoms with Crippen LogP contribution in [0.2, 0.25) is 0 Å². The number of amides is 3. The lowest BCUT2D eigenvalue weighted by Gasteiger charge is -2.17. The van der Waals surface area contributed by atoms with Crippen molar-refractivity contribution in [3.8, 4) is 0 Å². The van der Waals surface area contributed by atoms with Crippen molar-refractivity contribution in [2.75, 3.05) is 18.9 Å². The van der Waals surface area contributed by atoms with Gasteiger partial charge in [-0.25, -0.2) is 4.79 Å². The Morgan fingerprint density at radius 2 is 1.84 bits per heavy atom. The molecule has 2 atom stereocenters. The van der Waals surface area contributed by atoms with Crippen molar-refractivity contribution in [2.24, 2.45) is 5.73 Å². The fourth-order valence-electron chi connectivity index (χ4n) is 2.31. The minimum Gasteiger partial charge on any atom is -0.458 e. The SMILES string of the molecule is CN[C@@H](CCCNC(N)=O)C(=O)Nc1ccc(C(C)OC(C)=O)cc1. The summed E-state index contributed by atoms with van der Waals surface area (Å²) in [4.78, 5) is 33.9. The van der Waals surface area contributed by atoms with E-state index >= 15 is 0 Å². The molecule has 1 aromatic carbocycles. The number of anilines is 1. The summed E-state index contributed by atoms with van der Waals surface area (Å²) in [5.74, 6) is -0.505. The van der Waals surface area contributed by atoms with Gasteiger partial charge in [-0.15, -0.1) is 0 Å². The monoisotopic (exact) mass is 350 g/mol. The molecule has 0 saturated carbocycles. The van der Waals surface area contributed by atoms with Crippen LogP contribution in [-0.2, 0) is 14.3 Å². The predicted octanol–water partition coefficient (Wildman–Crippen LogP) is 1.29. The average molecular weight is 350 g/mol. The lowest BCUT2D eigenvalue weighted by atomic mass is 10.1. The van der Waals surface area contributed by atoms with Crippen molar-refractivity contribution in [3.63, 3.8) is 0 Å². The normalized spacial score (nSPS) is 12.8. The Labute approximate surface area is 147 Å². The van der Waals surface area contributed by atoms with Crippen molar-refractivity contribution >= 4 is 23.6 Å². The molecule has 138 valence electrons. The number of carbonyl (C=O) groups excluding carboxylic acids is 3. The smallest absolute Gasteiger partial charge is 0.312 e. The largest absolute Gasteiger partial charge is 0.458 e. The van der Waals surface area contributed by atoms with Gasteiger partial charge in [0, 0.05) is 19.2 Å². The van der Waals surface area contributed by atoms with E-state index in [1.54, 1.807) is 38.2 Å². The summed E-state index contributed by atoms with van der Waals surface area (Å²) < 4.78 is 5.11. The number of ether oxygens (including phenoxy) is 1. The second kappa shape index (κ2) is 10.3. The van der Waals surface area contributed by atoms with Crippen LogP contribution in [0.3, 0.4) is 0 Å². The number of hydrogen-bond acceptors (Lipinski definition) is 5. The van der Waals surface area contributed by atoms with Gasteiger partial charge in [0.15, 0.2) is 0 Å². The first kappa shape index (κ1) is 20.4. The summed E-state index contributed by atoms with van der Waals surface area (Å²) in [5.41, 5.74) is 6.49. The molecule has 5 N–H and O–H groups in total. The molecule has 0 spiro atoms. The number of esters is 1. The molecule has 1 rings (SSSR count). The van der Waals surface area contributed by atoms with Gasteiger partial charge >= 0.3 is 12.0 Å². The van der Waals surface area contributed by atoms with Gasteiger partial charge in [0.25, 0.3) is 0 Å². The van der Waals surface area contributed by atoms with E-state index in [1.807, 2.05) is 0 Å². The van der Waals surface area contributed by atoms with Crippen LogP contribution in [0.5, 0.6) is 0 Å². The molecule has 0 bridgehead atoms. The van der Waals surface area contributed by atoms with Gasteiger partial charge in [-0.05, 0) is 44.5 Å². The van der Waals surface area contributed by atoms with Crippen molar-refractivity contribution < 1.29 is 19.1 Å². The zero-order valence-corrected chi connectivity index (χ0v) is 14.8. The van der Waals surface area contributed by atoms with Crippen molar-refractivity contribution in [1.82, 2.24) is 10.6 Å². The van der Waals surface area contributed by atoms with Gasteiger partial charge in [0.2, 0.25) is 5.91 Å². The van der Waals surface area contributed by atoms with E-state index in [0.29, 0.717) is 25.1 Å². The molecule has 3 amide bonds. The van der Waals surface area contributed by atoms with Gasteiger partial charge in [0.05, 0.1) is 6.04 Å². The number of nitrogens with two attached hydrogens (primary N) is 1. The zero-order chi connectivity index (χ0) is 18.8. The number of primary amides is 1. The number of hydrogen-bond donors (Lipinski definition) is 4. The third kappa shape index (κ3) is 7.67. The maximum atomic E-state index is 12.3. The molecule has 25 heavy (non-hydrogen) atoms. The molecule has 0 aliphatic heterocycles. The first-order chi connectivity index (χ1) is 11.8. The fraction of sp³-hybridized carbons (Fsp3) is 0.471. The Kier molecular flexibility index (Phi) is 8.42. The summed E-state index contributed by atoms with van der Waals surface area (Å²) >= 11 is 0. The van der Waals surface area contributed by atoms with Crippen LogP contribution >= 0.6 is 0 Å². The van der Waals surface area contributed by atoms with E-state index in [9.17, 15) is 14.4 Å². The summed E-state index contributed by atoms with van der Waals surface area (Å²) in [7, 11) is 1.70. The highest BCUT2D eigenvalue weighted by Crippen LogP contribution is 2.19. The van der Waals surface area contributed by atoms with Gasteiger partial charge < -0.3 is 26.4 Å². The predicted molar refractivity (Wildman–Crippen MR) is 94.9 cm³/mol. The van der Waals surface area contributed by atoms with Crippen LogP contribution in [0.15, 0.2) is 24.3 Å². The van der Waals surface area contributed by atoms with Crippen LogP contribution in [0, 0.1) is 0 Å². The molecular formula is C17H26N4O4. The Morgan fingerprint density at radius 3 is 2.36 bits per heavy atom. The summed E-state index contributed by atoms with van der Waals surface area (Å²) in [6.45, 7) is 3.57. The topological polar surface area (TPSA) is 123 Å². The van der Waals surface area contributed by atoms with E-state index in [-0.39, 0.29) is 24.0 Å². The molecule has 0 aliphatic rings. The minimum atomic E-state index is -0.575. The Bertz CT molecular complexity index is 589. The first-order valence-corrected chi connectivity index (χ1v) is 8.12. The van der Waals surface area contributed by atoms with Gasteiger partial charge in [-0.1, -0.05) is 12.1 Å². The molecule has 0 heterocycles. The van der Waals surface area contributed by atoms with Crippen LogP contribution in [0.4, 0.5) is 10.5 Å². The highest BCUT2D eigenvalue weighted by Gasteiger charge is 2.16. The molecule has 0 aliphatic carbocycles. The van der Waals surface area contributed by atoms with Crippen molar-refractivity contribution in [3.05, 3.63) is 29.8 Å². The third-order valence-corrected chi connectivity index (χ3v) is 3.62. The summed E-state index contributed by atoms with van der Waals surface area (Å²) in [5, 5.41) is 8.26. The maximum Gasteiger partial charge on any atom is 0.312 e. The Balaban J connectivity index is 2.53.